The van der Waals surface area contributed by atoms with E-state index in [0.717, 1.165) is 18.3 Å². The van der Waals surface area contributed by atoms with Crippen LogP contribution in [0, 0.1) is 11.2 Å². The number of nitrogens with one attached hydrogen (secondary N) is 1. The predicted molar refractivity (Wildman–Crippen MR) is 123 cm³/mol. The minimum Gasteiger partial charge on any atom is -0.347 e. The van der Waals surface area contributed by atoms with Gasteiger partial charge in [-0.05, 0) is 42.0 Å². The van der Waals surface area contributed by atoms with Crippen molar-refractivity contribution < 1.29 is 26.0 Å². The molecular weight excluding hydrogens is 494 g/mol. The van der Waals surface area contributed by atoms with Crippen LogP contribution in [0.1, 0.15) is 44.9 Å². The lowest BCUT2D eigenvalue weighted by Gasteiger charge is -2.20. The van der Waals surface area contributed by atoms with Gasteiger partial charge in [0.05, 0.1) is 10.3 Å². The third kappa shape index (κ3) is 5.23. The molecule has 1 saturated carbocycles. The third-order valence-corrected chi connectivity index (χ3v) is 7.64. The molecule has 3 aromatic rings. The summed E-state index contributed by atoms with van der Waals surface area (Å²) in [5, 5.41) is -0.0369. The zero-order chi connectivity index (χ0) is 25.1. The zero-order valence-corrected chi connectivity index (χ0v) is 20.4. The maximum absolute atomic E-state index is 15.3. The SMILES string of the molecule is CC(C)(C)Cn1cc(CNS(=O)(=O)C2CC2)c2cc(F)c(-c3cc(Cl)cnc3C(F)(F)F)cc21. The van der Waals surface area contributed by atoms with E-state index >= 15 is 4.39 Å². The number of nitrogens with zero attached hydrogens (tertiary/aromatic N) is 2. The van der Waals surface area contributed by atoms with Crippen LogP contribution in [-0.4, -0.2) is 23.2 Å². The third-order valence-electron chi connectivity index (χ3n) is 5.54. The van der Waals surface area contributed by atoms with E-state index in [4.69, 9.17) is 11.6 Å². The van der Waals surface area contributed by atoms with Crippen LogP contribution in [0.5, 0.6) is 0 Å². The van der Waals surface area contributed by atoms with Gasteiger partial charge in [0.1, 0.15) is 5.82 Å². The van der Waals surface area contributed by atoms with Crippen molar-refractivity contribution in [2.45, 2.75) is 58.1 Å². The van der Waals surface area contributed by atoms with Crippen LogP contribution in [0.3, 0.4) is 0 Å². The van der Waals surface area contributed by atoms with Gasteiger partial charge >= 0.3 is 6.18 Å². The van der Waals surface area contributed by atoms with E-state index < -0.39 is 38.5 Å². The van der Waals surface area contributed by atoms with Crippen LogP contribution in [0.25, 0.3) is 22.0 Å². The Morgan fingerprint density at radius 1 is 1.15 bits per heavy atom. The molecular formula is C23H24ClF4N3O2S. The number of rotatable bonds is 6. The summed E-state index contributed by atoms with van der Waals surface area (Å²) in [5.74, 6) is -0.887. The van der Waals surface area contributed by atoms with Gasteiger partial charge in [0.15, 0.2) is 5.69 Å². The van der Waals surface area contributed by atoms with Gasteiger partial charge in [0, 0.05) is 47.5 Å². The van der Waals surface area contributed by atoms with E-state index in [-0.39, 0.29) is 22.5 Å². The molecule has 11 heteroatoms. The Hall–Kier alpha value is -2.17. The Morgan fingerprint density at radius 2 is 1.82 bits per heavy atom. The molecule has 184 valence electrons. The Kier molecular flexibility index (Phi) is 6.23. The predicted octanol–water partition coefficient (Wildman–Crippen LogP) is 6.14. The number of hydrogen-bond donors (Lipinski definition) is 1. The smallest absolute Gasteiger partial charge is 0.347 e. The molecule has 2 heterocycles. The fourth-order valence-corrected chi connectivity index (χ4v) is 5.42. The summed E-state index contributed by atoms with van der Waals surface area (Å²) in [7, 11) is -3.47. The first-order valence-corrected chi connectivity index (χ1v) is 12.6. The van der Waals surface area contributed by atoms with Crippen molar-refractivity contribution in [1.82, 2.24) is 14.3 Å². The summed E-state index contributed by atoms with van der Waals surface area (Å²) >= 11 is 5.90. The molecule has 0 amide bonds. The minimum absolute atomic E-state index is 0.0439. The van der Waals surface area contributed by atoms with Gasteiger partial charge in [-0.2, -0.15) is 13.2 Å². The lowest BCUT2D eigenvalue weighted by atomic mass is 9.96. The Balaban J connectivity index is 1.87. The van der Waals surface area contributed by atoms with Gasteiger partial charge in [-0.15, -0.1) is 0 Å². The van der Waals surface area contributed by atoms with E-state index in [1.54, 1.807) is 6.20 Å². The van der Waals surface area contributed by atoms with Crippen molar-refractivity contribution in [3.63, 3.8) is 0 Å². The van der Waals surface area contributed by atoms with Gasteiger partial charge < -0.3 is 4.57 Å². The molecule has 0 aliphatic heterocycles. The fraction of sp³-hybridized carbons (Fsp3) is 0.435. The average Bonchev–Trinajstić information content (AvgIpc) is 3.50. The summed E-state index contributed by atoms with van der Waals surface area (Å²) in [5.41, 5.74) is -1.16. The first-order chi connectivity index (χ1) is 15.7. The van der Waals surface area contributed by atoms with Crippen molar-refractivity contribution in [3.05, 3.63) is 52.7 Å². The van der Waals surface area contributed by atoms with E-state index in [2.05, 4.69) is 9.71 Å². The van der Waals surface area contributed by atoms with Crippen LogP contribution < -0.4 is 4.72 Å². The Labute approximate surface area is 200 Å². The lowest BCUT2D eigenvalue weighted by molar-refractivity contribution is -0.140. The summed E-state index contributed by atoms with van der Waals surface area (Å²) in [6.45, 7) is 6.39. The van der Waals surface area contributed by atoms with E-state index in [1.807, 2.05) is 25.3 Å². The number of pyridine rings is 1. The van der Waals surface area contributed by atoms with Crippen LogP contribution in [0.15, 0.2) is 30.6 Å². The largest absolute Gasteiger partial charge is 0.433 e. The van der Waals surface area contributed by atoms with Crippen molar-refractivity contribution in [2.24, 2.45) is 5.41 Å². The zero-order valence-electron chi connectivity index (χ0n) is 18.8. The van der Waals surface area contributed by atoms with E-state index in [9.17, 15) is 21.6 Å². The summed E-state index contributed by atoms with van der Waals surface area (Å²) in [6.07, 6.45) is -1.00. The fourth-order valence-electron chi connectivity index (χ4n) is 3.92. The molecule has 0 unspecified atom stereocenters. The Bertz CT molecular complexity index is 1360. The molecule has 1 fully saturated rings. The summed E-state index contributed by atoms with van der Waals surface area (Å²) < 4.78 is 85.0. The van der Waals surface area contributed by atoms with Crippen molar-refractivity contribution in [3.8, 4) is 11.1 Å². The van der Waals surface area contributed by atoms with E-state index in [0.29, 0.717) is 35.9 Å². The molecule has 0 saturated heterocycles. The highest BCUT2D eigenvalue weighted by atomic mass is 35.5. The molecule has 4 rings (SSSR count). The normalized spacial score (nSPS) is 15.3. The number of sulfonamides is 1. The maximum atomic E-state index is 15.3. The number of benzene rings is 1. The second-order valence-electron chi connectivity index (χ2n) is 9.81. The van der Waals surface area contributed by atoms with Gasteiger partial charge in [0.2, 0.25) is 10.0 Å². The van der Waals surface area contributed by atoms with Crippen molar-refractivity contribution in [1.29, 1.82) is 0 Å². The second-order valence-corrected chi connectivity index (χ2v) is 12.3. The topological polar surface area (TPSA) is 64.0 Å². The molecule has 0 spiro atoms. The second kappa shape index (κ2) is 8.49. The highest BCUT2D eigenvalue weighted by molar-refractivity contribution is 7.90. The first-order valence-electron chi connectivity index (χ1n) is 10.7. The van der Waals surface area contributed by atoms with Crippen LogP contribution in [-0.2, 0) is 29.3 Å². The highest BCUT2D eigenvalue weighted by Crippen LogP contribution is 2.40. The molecule has 5 nitrogen and oxygen atoms in total. The molecule has 2 aromatic heterocycles. The molecule has 0 bridgehead atoms. The quantitative estimate of drug-likeness (QED) is 0.399. The molecule has 34 heavy (non-hydrogen) atoms. The molecule has 0 radical (unpaired) electrons. The lowest BCUT2D eigenvalue weighted by Crippen LogP contribution is -2.26. The molecule has 1 aliphatic carbocycles. The van der Waals surface area contributed by atoms with Gasteiger partial charge in [-0.25, -0.2) is 22.5 Å². The minimum atomic E-state index is -4.80. The van der Waals surface area contributed by atoms with Crippen LogP contribution >= 0.6 is 11.6 Å². The van der Waals surface area contributed by atoms with Gasteiger partial charge in [0.25, 0.3) is 0 Å². The maximum Gasteiger partial charge on any atom is 0.433 e. The molecule has 1 N–H and O–H groups in total. The van der Waals surface area contributed by atoms with Crippen LogP contribution in [0.2, 0.25) is 5.02 Å². The van der Waals surface area contributed by atoms with Gasteiger partial charge in [-0.3, -0.25) is 0 Å². The number of aromatic nitrogens is 2. The van der Waals surface area contributed by atoms with Gasteiger partial charge in [-0.1, -0.05) is 32.4 Å². The summed E-state index contributed by atoms with van der Waals surface area (Å²) in [4.78, 5) is 3.41. The standard InChI is InChI=1S/C23H24ClF4N3O2S/c1-22(2,3)12-31-11-13(9-30-34(32,33)15-4-5-15)16-7-19(25)17(8-20(16)31)18-6-14(24)10-29-21(18)23(26,27)28/h6-8,10-11,15,30H,4-5,9,12H2,1-3H3. The number of hydrogen-bond acceptors (Lipinski definition) is 3. The van der Waals surface area contributed by atoms with Crippen LogP contribution in [0.4, 0.5) is 17.6 Å². The number of alkyl halides is 3. The molecule has 1 aromatic carbocycles. The summed E-state index contributed by atoms with van der Waals surface area (Å²) in [6, 6.07) is 3.53. The average molecular weight is 518 g/mol. The molecule has 1 aliphatic rings. The molecule has 0 atom stereocenters. The highest BCUT2D eigenvalue weighted by Gasteiger charge is 2.37. The number of halogens is 5. The Morgan fingerprint density at radius 3 is 2.41 bits per heavy atom. The monoisotopic (exact) mass is 517 g/mol. The first kappa shape index (κ1) is 24.9. The van der Waals surface area contributed by atoms with Crippen molar-refractivity contribution >= 4 is 32.5 Å². The van der Waals surface area contributed by atoms with Crippen molar-refractivity contribution in [2.75, 3.05) is 0 Å². The van der Waals surface area contributed by atoms with E-state index in [1.165, 1.54) is 6.07 Å². The number of fused-ring (bicyclic) bond motifs is 1.